The fraction of sp³-hybridized carbons (Fsp3) is 0.222. The molecule has 4 nitrogen and oxygen atoms in total. The highest BCUT2D eigenvalue weighted by Crippen LogP contribution is 2.32. The molecule has 0 aliphatic heterocycles. The Morgan fingerprint density at radius 3 is 2.27 bits per heavy atom. The maximum atomic E-state index is 13.2. The maximum Gasteiger partial charge on any atom is 0.412 e. The van der Waals surface area contributed by atoms with E-state index in [1.807, 2.05) is 5.32 Å². The molecule has 0 aliphatic carbocycles. The van der Waals surface area contributed by atoms with Crippen molar-refractivity contribution in [2.75, 3.05) is 6.54 Å². The van der Waals surface area contributed by atoms with Crippen LogP contribution >= 0.6 is 0 Å². The third-order valence-corrected chi connectivity index (χ3v) is 3.47. The van der Waals surface area contributed by atoms with Crippen molar-refractivity contribution in [3.05, 3.63) is 71.5 Å². The number of alkyl halides is 3. The molecule has 0 radical (unpaired) electrons. The molecule has 138 valence electrons. The number of hydrogen-bond acceptors (Lipinski definition) is 2. The van der Waals surface area contributed by atoms with Crippen LogP contribution in [0.15, 0.2) is 54.6 Å². The second-order valence-corrected chi connectivity index (χ2v) is 5.54. The predicted octanol–water partition coefficient (Wildman–Crippen LogP) is 2.90. The molecule has 2 N–H and O–H groups in total. The van der Waals surface area contributed by atoms with Crippen LogP contribution in [0.5, 0.6) is 0 Å². The van der Waals surface area contributed by atoms with E-state index in [1.165, 1.54) is 42.5 Å². The van der Waals surface area contributed by atoms with Crippen molar-refractivity contribution in [3.63, 3.8) is 0 Å². The molecule has 26 heavy (non-hydrogen) atoms. The van der Waals surface area contributed by atoms with Gasteiger partial charge in [0.05, 0.1) is 13.0 Å². The summed E-state index contributed by atoms with van der Waals surface area (Å²) in [6.07, 6.45) is -4.87. The number of hydrogen-bond donors (Lipinski definition) is 2. The lowest BCUT2D eigenvalue weighted by Gasteiger charge is -2.22. The highest BCUT2D eigenvalue weighted by molar-refractivity contribution is 5.85. The van der Waals surface area contributed by atoms with Gasteiger partial charge in [-0.2, -0.15) is 13.2 Å². The van der Waals surface area contributed by atoms with Gasteiger partial charge in [-0.15, -0.1) is 0 Å². The van der Waals surface area contributed by atoms with E-state index in [4.69, 9.17) is 0 Å². The van der Waals surface area contributed by atoms with Crippen molar-refractivity contribution >= 4 is 11.8 Å². The number of carbonyl (C=O) groups excluding carboxylic acids is 2. The Morgan fingerprint density at radius 1 is 0.962 bits per heavy atom. The summed E-state index contributed by atoms with van der Waals surface area (Å²) in [5, 5.41) is 4.08. The molecule has 0 spiro atoms. The number of carbonyl (C=O) groups is 2. The zero-order valence-electron chi connectivity index (χ0n) is 13.5. The lowest BCUT2D eigenvalue weighted by Crippen LogP contribution is -2.43. The van der Waals surface area contributed by atoms with Gasteiger partial charge < -0.3 is 10.6 Å². The maximum absolute atomic E-state index is 13.2. The zero-order chi connectivity index (χ0) is 19.2. The fourth-order valence-electron chi connectivity index (χ4n) is 2.29. The van der Waals surface area contributed by atoms with Crippen LogP contribution in [0.4, 0.5) is 17.6 Å². The summed E-state index contributed by atoms with van der Waals surface area (Å²) in [6.45, 7) is -0.617. The summed E-state index contributed by atoms with van der Waals surface area (Å²) in [5.41, 5.74) is 0.278. The molecule has 0 aromatic heterocycles. The first-order valence-corrected chi connectivity index (χ1v) is 7.68. The normalized spacial score (nSPS) is 12.3. The van der Waals surface area contributed by atoms with Gasteiger partial charge in [-0.3, -0.25) is 9.59 Å². The molecule has 2 amide bonds. The average Bonchev–Trinajstić information content (AvgIpc) is 2.57. The summed E-state index contributed by atoms with van der Waals surface area (Å²) in [6, 6.07) is 10.1. The molecule has 2 aromatic rings. The molecule has 1 atom stereocenters. The molecule has 0 fully saturated rings. The van der Waals surface area contributed by atoms with Crippen LogP contribution in [0.1, 0.15) is 17.2 Å². The van der Waals surface area contributed by atoms with Gasteiger partial charge in [0.25, 0.3) is 0 Å². The monoisotopic (exact) mass is 368 g/mol. The highest BCUT2D eigenvalue weighted by atomic mass is 19.4. The van der Waals surface area contributed by atoms with Crippen molar-refractivity contribution < 1.29 is 27.2 Å². The first-order valence-electron chi connectivity index (χ1n) is 7.68. The molecule has 1 unspecified atom stereocenters. The molecule has 8 heteroatoms. The van der Waals surface area contributed by atoms with Crippen molar-refractivity contribution in [2.45, 2.75) is 18.6 Å². The van der Waals surface area contributed by atoms with Crippen molar-refractivity contribution in [3.8, 4) is 0 Å². The van der Waals surface area contributed by atoms with Crippen LogP contribution < -0.4 is 10.6 Å². The second kappa shape index (κ2) is 8.46. The largest absolute Gasteiger partial charge is 0.412 e. The van der Waals surface area contributed by atoms with Gasteiger partial charge in [0.2, 0.25) is 11.8 Å². The minimum absolute atomic E-state index is 0.112. The van der Waals surface area contributed by atoms with Gasteiger partial charge in [0, 0.05) is 0 Å². The summed E-state index contributed by atoms with van der Waals surface area (Å²) < 4.78 is 52.5. The smallest absolute Gasteiger partial charge is 0.347 e. The van der Waals surface area contributed by atoms with Crippen LogP contribution in [0, 0.1) is 5.82 Å². The SMILES string of the molecule is O=C(Cc1cccc(F)c1)NCC(=O)NC(c1ccccc1)C(F)(F)F. The lowest BCUT2D eigenvalue weighted by atomic mass is 10.1. The van der Waals surface area contributed by atoms with E-state index >= 15 is 0 Å². The molecule has 0 bridgehead atoms. The van der Waals surface area contributed by atoms with Crippen LogP contribution in [0.3, 0.4) is 0 Å². The van der Waals surface area contributed by atoms with E-state index in [1.54, 1.807) is 6.07 Å². The Hall–Kier alpha value is -2.90. The van der Waals surface area contributed by atoms with Crippen LogP contribution in [-0.4, -0.2) is 24.5 Å². The van der Waals surface area contributed by atoms with Gasteiger partial charge in [0.1, 0.15) is 5.82 Å². The minimum Gasteiger partial charge on any atom is -0.347 e. The van der Waals surface area contributed by atoms with E-state index in [0.29, 0.717) is 5.56 Å². The molecule has 2 aromatic carbocycles. The molecule has 0 aliphatic rings. The van der Waals surface area contributed by atoms with E-state index in [0.717, 1.165) is 6.07 Å². The number of amides is 2. The van der Waals surface area contributed by atoms with Gasteiger partial charge >= 0.3 is 6.18 Å². The quantitative estimate of drug-likeness (QED) is 0.771. The summed E-state index contributed by atoms with van der Waals surface area (Å²) in [7, 11) is 0. The summed E-state index contributed by atoms with van der Waals surface area (Å²) in [5.74, 6) is -2.10. The number of nitrogens with one attached hydrogen (secondary N) is 2. The van der Waals surface area contributed by atoms with Gasteiger partial charge in [-0.25, -0.2) is 4.39 Å². The Morgan fingerprint density at radius 2 is 1.65 bits per heavy atom. The van der Waals surface area contributed by atoms with Crippen molar-refractivity contribution in [1.29, 1.82) is 0 Å². The molecule has 0 heterocycles. The minimum atomic E-state index is -4.68. The summed E-state index contributed by atoms with van der Waals surface area (Å²) >= 11 is 0. The highest BCUT2D eigenvalue weighted by Gasteiger charge is 2.41. The summed E-state index contributed by atoms with van der Waals surface area (Å²) in [4.78, 5) is 23.5. The fourth-order valence-corrected chi connectivity index (χ4v) is 2.29. The van der Waals surface area contributed by atoms with E-state index in [2.05, 4.69) is 5.32 Å². The van der Waals surface area contributed by atoms with E-state index in [9.17, 15) is 27.2 Å². The number of benzene rings is 2. The first kappa shape index (κ1) is 19.4. The van der Waals surface area contributed by atoms with Crippen molar-refractivity contribution in [1.82, 2.24) is 10.6 Å². The van der Waals surface area contributed by atoms with Crippen LogP contribution in [-0.2, 0) is 16.0 Å². The van der Waals surface area contributed by atoms with Crippen molar-refractivity contribution in [2.24, 2.45) is 0 Å². The van der Waals surface area contributed by atoms with Gasteiger partial charge in [0.15, 0.2) is 6.04 Å². The van der Waals surface area contributed by atoms with Gasteiger partial charge in [-0.1, -0.05) is 42.5 Å². The molecule has 0 saturated carbocycles. The van der Waals surface area contributed by atoms with E-state index < -0.39 is 36.4 Å². The van der Waals surface area contributed by atoms with Gasteiger partial charge in [-0.05, 0) is 23.3 Å². The second-order valence-electron chi connectivity index (χ2n) is 5.54. The number of rotatable bonds is 6. The molecule has 2 rings (SSSR count). The van der Waals surface area contributed by atoms with Crippen LogP contribution in [0.25, 0.3) is 0 Å². The Labute approximate surface area is 147 Å². The lowest BCUT2D eigenvalue weighted by molar-refractivity contribution is -0.163. The van der Waals surface area contributed by atoms with Crippen LogP contribution in [0.2, 0.25) is 0 Å². The number of halogens is 4. The zero-order valence-corrected chi connectivity index (χ0v) is 13.5. The molecule has 0 saturated heterocycles. The standard InChI is InChI=1S/C18H16F4N2O2/c19-14-8-4-5-12(9-14)10-15(25)23-11-16(26)24-17(18(20,21)22)13-6-2-1-3-7-13/h1-9,17H,10-11H2,(H,23,25)(H,24,26). The Kier molecular flexibility index (Phi) is 6.32. The average molecular weight is 368 g/mol. The first-order chi connectivity index (χ1) is 12.3. The third kappa shape index (κ3) is 5.87. The Bertz CT molecular complexity index is 763. The Balaban J connectivity index is 1.91. The molecular formula is C18H16F4N2O2. The predicted molar refractivity (Wildman–Crippen MR) is 86.5 cm³/mol. The topological polar surface area (TPSA) is 58.2 Å². The van der Waals surface area contributed by atoms with E-state index in [-0.39, 0.29) is 12.0 Å². The third-order valence-electron chi connectivity index (χ3n) is 3.47. The molecular weight excluding hydrogens is 352 g/mol.